The van der Waals surface area contributed by atoms with Gasteiger partial charge in [-0.3, -0.25) is 10.1 Å². The lowest BCUT2D eigenvalue weighted by molar-refractivity contribution is -0.384. The highest BCUT2D eigenvalue weighted by Crippen LogP contribution is 2.16. The van der Waals surface area contributed by atoms with Gasteiger partial charge in [0.2, 0.25) is 0 Å². The van der Waals surface area contributed by atoms with E-state index in [1.54, 1.807) is 4.68 Å². The number of aryl methyl sites for hydroxylation is 2. The highest BCUT2D eigenvalue weighted by atomic mass is 16.6. The Morgan fingerprint density at radius 3 is 2.91 bits per heavy atom. The molecule has 0 N–H and O–H groups in total. The van der Waals surface area contributed by atoms with Gasteiger partial charge in [-0.2, -0.15) is 0 Å². The molecule has 0 fully saturated rings. The molecule has 118 valence electrons. The van der Waals surface area contributed by atoms with E-state index in [0.29, 0.717) is 12.4 Å². The molecule has 2 aromatic heterocycles. The topological polar surface area (TPSA) is 118 Å². The van der Waals surface area contributed by atoms with Crippen LogP contribution in [0.15, 0.2) is 12.3 Å². The highest BCUT2D eigenvalue weighted by Gasteiger charge is 2.19. The zero-order chi connectivity index (χ0) is 16.1. The Morgan fingerprint density at radius 1 is 1.50 bits per heavy atom. The molecule has 0 aliphatic carbocycles. The van der Waals surface area contributed by atoms with Gasteiger partial charge in [0.05, 0.1) is 11.1 Å². The van der Waals surface area contributed by atoms with Crippen molar-refractivity contribution in [2.24, 2.45) is 7.05 Å². The second-order valence-electron chi connectivity index (χ2n) is 4.70. The molecule has 0 spiro atoms. The van der Waals surface area contributed by atoms with Gasteiger partial charge in [-0.15, -0.1) is 5.10 Å². The normalized spacial score (nSPS) is 10.6. The number of carbonyl (C=O) groups excluding carboxylic acids is 1. The lowest BCUT2D eigenvalue weighted by atomic mass is 10.3. The van der Waals surface area contributed by atoms with Crippen molar-refractivity contribution in [2.75, 3.05) is 0 Å². The van der Waals surface area contributed by atoms with Crippen molar-refractivity contribution in [1.82, 2.24) is 24.8 Å². The van der Waals surface area contributed by atoms with Gasteiger partial charge in [-0.25, -0.2) is 9.48 Å². The Hall–Kier alpha value is -2.78. The van der Waals surface area contributed by atoms with E-state index in [0.717, 1.165) is 12.8 Å². The summed E-state index contributed by atoms with van der Waals surface area (Å²) in [4.78, 5) is 22.1. The molecule has 0 unspecified atom stereocenters. The number of aromatic nitrogens is 5. The second-order valence-corrected chi connectivity index (χ2v) is 4.70. The van der Waals surface area contributed by atoms with Gasteiger partial charge in [-0.05, 0) is 16.8 Å². The molecule has 0 saturated carbocycles. The van der Waals surface area contributed by atoms with Crippen LogP contribution in [0.1, 0.15) is 36.1 Å². The van der Waals surface area contributed by atoms with E-state index in [2.05, 4.69) is 15.5 Å². The maximum Gasteiger partial charge on any atom is 0.355 e. The Labute approximate surface area is 125 Å². The zero-order valence-corrected chi connectivity index (χ0v) is 12.3. The molecule has 0 aromatic carbocycles. The van der Waals surface area contributed by atoms with Crippen LogP contribution in [-0.2, 0) is 24.9 Å². The molecule has 22 heavy (non-hydrogen) atoms. The lowest BCUT2D eigenvalue weighted by Gasteiger charge is -2.05. The van der Waals surface area contributed by atoms with E-state index in [1.807, 2.05) is 6.92 Å². The predicted octanol–water partition coefficient (Wildman–Crippen LogP) is 1.08. The summed E-state index contributed by atoms with van der Waals surface area (Å²) >= 11 is 0. The van der Waals surface area contributed by atoms with Gasteiger partial charge in [0.15, 0.2) is 12.4 Å². The maximum atomic E-state index is 12.0. The smallest absolute Gasteiger partial charge is 0.355 e. The summed E-state index contributed by atoms with van der Waals surface area (Å²) in [6.07, 6.45) is 3.16. The number of esters is 1. The third kappa shape index (κ3) is 3.45. The molecule has 10 heteroatoms. The minimum atomic E-state index is -0.666. The van der Waals surface area contributed by atoms with Crippen LogP contribution in [0, 0.1) is 10.1 Å². The first-order valence-corrected chi connectivity index (χ1v) is 6.75. The van der Waals surface area contributed by atoms with Gasteiger partial charge in [-0.1, -0.05) is 13.3 Å². The van der Waals surface area contributed by atoms with Crippen molar-refractivity contribution >= 4 is 11.7 Å². The number of ether oxygens (including phenoxy) is 1. The number of rotatable bonds is 7. The molecule has 0 aliphatic heterocycles. The summed E-state index contributed by atoms with van der Waals surface area (Å²) in [7, 11) is 1.54. The Balaban J connectivity index is 2.01. The molecule has 0 amide bonds. The summed E-state index contributed by atoms with van der Waals surface area (Å²) in [6.45, 7) is 2.60. The fourth-order valence-electron chi connectivity index (χ4n) is 1.86. The molecule has 10 nitrogen and oxygen atoms in total. The van der Waals surface area contributed by atoms with Gasteiger partial charge < -0.3 is 9.30 Å². The fraction of sp³-hybridized carbons (Fsp3) is 0.500. The van der Waals surface area contributed by atoms with Crippen LogP contribution in [0.5, 0.6) is 0 Å². The number of nitro groups is 1. The zero-order valence-electron chi connectivity index (χ0n) is 12.3. The first kappa shape index (κ1) is 15.6. The number of unbranched alkanes of at least 4 members (excludes halogenated alkanes) is 1. The Morgan fingerprint density at radius 2 is 2.27 bits per heavy atom. The van der Waals surface area contributed by atoms with Crippen LogP contribution in [0.25, 0.3) is 0 Å². The third-order valence-corrected chi connectivity index (χ3v) is 3.07. The van der Waals surface area contributed by atoms with Crippen LogP contribution >= 0.6 is 0 Å². The van der Waals surface area contributed by atoms with Gasteiger partial charge in [0, 0.05) is 19.7 Å². The Kier molecular flexibility index (Phi) is 4.81. The molecule has 0 aliphatic rings. The summed E-state index contributed by atoms with van der Waals surface area (Å²) in [5.74, 6) is -0.230. The van der Waals surface area contributed by atoms with Gasteiger partial charge in [0.1, 0.15) is 5.69 Å². The molecule has 0 bridgehead atoms. The van der Waals surface area contributed by atoms with Crippen LogP contribution in [-0.4, -0.2) is 35.7 Å². The maximum absolute atomic E-state index is 12.0. The van der Waals surface area contributed by atoms with Crippen LogP contribution in [0.3, 0.4) is 0 Å². The quantitative estimate of drug-likeness (QED) is 0.426. The van der Waals surface area contributed by atoms with Gasteiger partial charge in [0.25, 0.3) is 5.69 Å². The van der Waals surface area contributed by atoms with E-state index >= 15 is 0 Å². The summed E-state index contributed by atoms with van der Waals surface area (Å²) in [5, 5.41) is 21.9. The second kappa shape index (κ2) is 6.78. The average Bonchev–Trinajstić information content (AvgIpc) is 3.09. The number of carbonyl (C=O) groups is 1. The highest BCUT2D eigenvalue weighted by molar-refractivity contribution is 5.88. The molecule has 2 heterocycles. The molecule has 0 radical (unpaired) electrons. The van der Waals surface area contributed by atoms with Crippen molar-refractivity contribution in [3.8, 4) is 0 Å². The lowest BCUT2D eigenvalue weighted by Crippen LogP contribution is -2.13. The van der Waals surface area contributed by atoms with E-state index in [9.17, 15) is 14.9 Å². The van der Waals surface area contributed by atoms with Crippen LogP contribution < -0.4 is 0 Å². The van der Waals surface area contributed by atoms with Crippen LogP contribution in [0.4, 0.5) is 5.69 Å². The summed E-state index contributed by atoms with van der Waals surface area (Å²) in [5.41, 5.74) is -0.0680. The van der Waals surface area contributed by atoms with Gasteiger partial charge >= 0.3 is 5.97 Å². The van der Waals surface area contributed by atoms with Crippen molar-refractivity contribution < 1.29 is 14.5 Å². The van der Waals surface area contributed by atoms with E-state index in [1.165, 1.54) is 23.9 Å². The number of hydrogen-bond donors (Lipinski definition) is 0. The monoisotopic (exact) mass is 308 g/mol. The first-order chi connectivity index (χ1) is 10.5. The van der Waals surface area contributed by atoms with Crippen molar-refractivity contribution in [2.45, 2.75) is 32.9 Å². The van der Waals surface area contributed by atoms with E-state index in [-0.39, 0.29) is 18.0 Å². The molecule has 2 rings (SSSR count). The molecular formula is C12H16N6O4. The largest absolute Gasteiger partial charge is 0.453 e. The van der Waals surface area contributed by atoms with Crippen molar-refractivity contribution in [3.05, 3.63) is 33.9 Å². The van der Waals surface area contributed by atoms with Crippen molar-refractivity contribution in [1.29, 1.82) is 0 Å². The third-order valence-electron chi connectivity index (χ3n) is 3.07. The minimum Gasteiger partial charge on any atom is -0.453 e. The number of hydrogen-bond acceptors (Lipinski definition) is 7. The summed E-state index contributed by atoms with van der Waals surface area (Å²) < 4.78 is 8.04. The molecule has 0 saturated heterocycles. The van der Waals surface area contributed by atoms with Crippen LogP contribution in [0.2, 0.25) is 0 Å². The first-order valence-electron chi connectivity index (χ1n) is 6.75. The van der Waals surface area contributed by atoms with Crippen molar-refractivity contribution in [3.63, 3.8) is 0 Å². The molecule has 0 atom stereocenters. The van der Waals surface area contributed by atoms with E-state index < -0.39 is 10.9 Å². The minimum absolute atomic E-state index is 0.0888. The molecule has 2 aromatic rings. The summed E-state index contributed by atoms with van der Waals surface area (Å²) in [6, 6.07) is 1.17. The SMILES string of the molecule is CCCCn1nnnc1COC(=O)c1cc([N+](=O)[O-])cn1C. The Bertz CT molecular complexity index is 677. The standard InChI is InChI=1S/C12H16N6O4/c1-3-4-5-17-11(13-14-15-17)8-22-12(19)10-6-9(18(20)21)7-16(10)2/h6-7H,3-5,8H2,1-2H3. The average molecular weight is 308 g/mol. The number of nitrogens with zero attached hydrogens (tertiary/aromatic N) is 6. The van der Waals surface area contributed by atoms with E-state index in [4.69, 9.17) is 4.74 Å². The predicted molar refractivity (Wildman–Crippen MR) is 73.9 cm³/mol. The number of tetrazole rings is 1. The fourth-order valence-corrected chi connectivity index (χ4v) is 1.86. The molecular weight excluding hydrogens is 292 g/mol.